The molecule has 2 rings (SSSR count). The van der Waals surface area contributed by atoms with Gasteiger partial charge in [0.1, 0.15) is 11.6 Å². The molecule has 0 unspecified atom stereocenters. The Balaban J connectivity index is 2.37. The first kappa shape index (κ1) is 12.3. The van der Waals surface area contributed by atoms with Gasteiger partial charge in [-0.3, -0.25) is 0 Å². The Bertz CT molecular complexity index is 576. The summed E-state index contributed by atoms with van der Waals surface area (Å²) in [4.78, 5) is 0. The summed E-state index contributed by atoms with van der Waals surface area (Å²) in [6.07, 6.45) is 0. The van der Waals surface area contributed by atoms with Crippen molar-refractivity contribution in [2.45, 2.75) is 6.92 Å². The molecule has 0 aliphatic heterocycles. The van der Waals surface area contributed by atoms with Crippen LogP contribution in [-0.2, 0) is 0 Å². The van der Waals surface area contributed by atoms with Crippen molar-refractivity contribution in [1.82, 2.24) is 0 Å². The summed E-state index contributed by atoms with van der Waals surface area (Å²) < 4.78 is 45.0. The average Bonchev–Trinajstić information content (AvgIpc) is 2.28. The predicted molar refractivity (Wildman–Crippen MR) is 62.0 cm³/mol. The first-order chi connectivity index (χ1) is 8.47. The molecule has 94 valence electrons. The van der Waals surface area contributed by atoms with Gasteiger partial charge in [0.25, 0.3) is 0 Å². The molecule has 0 radical (unpaired) electrons. The van der Waals surface area contributed by atoms with Crippen molar-refractivity contribution in [1.29, 1.82) is 0 Å². The van der Waals surface area contributed by atoms with Crippen LogP contribution in [0.5, 0.6) is 11.5 Å². The van der Waals surface area contributed by atoms with Gasteiger partial charge in [0.15, 0.2) is 17.4 Å². The Morgan fingerprint density at radius 2 is 1.56 bits per heavy atom. The minimum Gasteiger partial charge on any atom is -0.451 e. The summed E-state index contributed by atoms with van der Waals surface area (Å²) >= 11 is 0. The van der Waals surface area contributed by atoms with Crippen LogP contribution in [0.25, 0.3) is 0 Å². The number of nitrogens with two attached hydrogens (primary N) is 1. The van der Waals surface area contributed by atoms with Gasteiger partial charge in [0, 0.05) is 17.8 Å². The third kappa shape index (κ3) is 2.40. The molecule has 5 heteroatoms. The highest BCUT2D eigenvalue weighted by Crippen LogP contribution is 2.30. The molecule has 2 nitrogen and oxygen atoms in total. The smallest absolute Gasteiger partial charge is 0.198 e. The van der Waals surface area contributed by atoms with Crippen LogP contribution < -0.4 is 10.5 Å². The van der Waals surface area contributed by atoms with Gasteiger partial charge in [-0.2, -0.15) is 0 Å². The van der Waals surface area contributed by atoms with Crippen LogP contribution in [0.4, 0.5) is 18.9 Å². The van der Waals surface area contributed by atoms with Gasteiger partial charge in [-0.25, -0.2) is 13.2 Å². The topological polar surface area (TPSA) is 35.2 Å². The lowest BCUT2D eigenvalue weighted by molar-refractivity contribution is 0.407. The lowest BCUT2D eigenvalue weighted by Gasteiger charge is -2.09. The number of halogens is 3. The maximum atomic E-state index is 13.5. The van der Waals surface area contributed by atoms with E-state index in [-0.39, 0.29) is 11.4 Å². The molecule has 0 aliphatic carbocycles. The number of hydrogen-bond acceptors (Lipinski definition) is 2. The molecule has 2 aromatic rings. The van der Waals surface area contributed by atoms with Gasteiger partial charge in [-0.1, -0.05) is 0 Å². The minimum atomic E-state index is -0.908. The van der Waals surface area contributed by atoms with E-state index in [4.69, 9.17) is 10.5 Å². The van der Waals surface area contributed by atoms with E-state index in [2.05, 4.69) is 0 Å². The predicted octanol–water partition coefficient (Wildman–Crippen LogP) is 3.79. The Labute approximate surface area is 102 Å². The third-order valence-electron chi connectivity index (χ3n) is 2.37. The van der Waals surface area contributed by atoms with Gasteiger partial charge in [0.2, 0.25) is 0 Å². The van der Waals surface area contributed by atoms with Crippen LogP contribution in [-0.4, -0.2) is 0 Å². The van der Waals surface area contributed by atoms with E-state index in [0.717, 1.165) is 18.2 Å². The fourth-order valence-corrected chi connectivity index (χ4v) is 1.48. The normalized spacial score (nSPS) is 10.4. The number of anilines is 1. The van der Waals surface area contributed by atoms with Gasteiger partial charge in [-0.15, -0.1) is 0 Å². The highest BCUT2D eigenvalue weighted by atomic mass is 19.1. The molecular formula is C13H10F3NO. The summed E-state index contributed by atoms with van der Waals surface area (Å²) in [6, 6.07) is 5.71. The van der Waals surface area contributed by atoms with E-state index in [1.807, 2.05) is 0 Å². The molecule has 0 spiro atoms. The molecule has 0 saturated heterocycles. The quantitative estimate of drug-likeness (QED) is 0.826. The van der Waals surface area contributed by atoms with Crippen molar-refractivity contribution >= 4 is 5.69 Å². The second-order valence-electron chi connectivity index (χ2n) is 3.83. The van der Waals surface area contributed by atoms with Crippen molar-refractivity contribution in [2.75, 3.05) is 5.73 Å². The highest BCUT2D eigenvalue weighted by molar-refractivity contribution is 5.45. The zero-order chi connectivity index (χ0) is 13.3. The molecule has 0 aromatic heterocycles. The van der Waals surface area contributed by atoms with Crippen LogP contribution in [0, 0.1) is 24.4 Å². The number of hydrogen-bond donors (Lipinski definition) is 1. The lowest BCUT2D eigenvalue weighted by atomic mass is 10.2. The molecule has 2 N–H and O–H groups in total. The van der Waals surface area contributed by atoms with Gasteiger partial charge >= 0.3 is 0 Å². The highest BCUT2D eigenvalue weighted by Gasteiger charge is 2.13. The van der Waals surface area contributed by atoms with Crippen molar-refractivity contribution < 1.29 is 17.9 Å². The van der Waals surface area contributed by atoms with E-state index in [1.165, 1.54) is 19.1 Å². The number of nitrogen functional groups attached to an aromatic ring is 1. The van der Waals surface area contributed by atoms with E-state index >= 15 is 0 Å². The summed E-state index contributed by atoms with van der Waals surface area (Å²) in [6.45, 7) is 1.53. The average molecular weight is 253 g/mol. The van der Waals surface area contributed by atoms with E-state index in [0.29, 0.717) is 5.56 Å². The molecular weight excluding hydrogens is 243 g/mol. The van der Waals surface area contributed by atoms with Crippen LogP contribution in [0.3, 0.4) is 0 Å². The molecule has 0 bridgehead atoms. The standard InChI is InChI=1S/C13H10F3NO/c1-7-4-9(2-3-10(7)14)18-13-11(15)5-8(17)6-12(13)16/h2-6H,17H2,1H3. The van der Waals surface area contributed by atoms with Crippen molar-refractivity contribution in [2.24, 2.45) is 0 Å². The van der Waals surface area contributed by atoms with E-state index in [9.17, 15) is 13.2 Å². The van der Waals surface area contributed by atoms with Crippen molar-refractivity contribution in [3.05, 3.63) is 53.3 Å². The maximum Gasteiger partial charge on any atom is 0.198 e. The zero-order valence-corrected chi connectivity index (χ0v) is 9.51. The van der Waals surface area contributed by atoms with Gasteiger partial charge in [0.05, 0.1) is 0 Å². The van der Waals surface area contributed by atoms with Crippen LogP contribution in [0.15, 0.2) is 30.3 Å². The fourth-order valence-electron chi connectivity index (χ4n) is 1.48. The molecule has 2 aromatic carbocycles. The molecule has 0 aliphatic rings. The number of benzene rings is 2. The fraction of sp³-hybridized carbons (Fsp3) is 0.0769. The van der Waals surface area contributed by atoms with Crippen LogP contribution in [0.1, 0.15) is 5.56 Å². The van der Waals surface area contributed by atoms with Gasteiger partial charge in [-0.05, 0) is 30.7 Å². The van der Waals surface area contributed by atoms with E-state index in [1.54, 1.807) is 0 Å². The summed E-state index contributed by atoms with van der Waals surface area (Å²) in [5.41, 5.74) is 5.57. The number of ether oxygens (including phenoxy) is 1. The molecule has 18 heavy (non-hydrogen) atoms. The van der Waals surface area contributed by atoms with Crippen LogP contribution >= 0.6 is 0 Å². The molecule has 0 saturated carbocycles. The number of rotatable bonds is 2. The van der Waals surface area contributed by atoms with E-state index < -0.39 is 23.2 Å². The summed E-state index contributed by atoms with van der Waals surface area (Å²) in [7, 11) is 0. The monoisotopic (exact) mass is 253 g/mol. The first-order valence-electron chi connectivity index (χ1n) is 5.16. The second kappa shape index (κ2) is 4.60. The van der Waals surface area contributed by atoms with Crippen LogP contribution in [0.2, 0.25) is 0 Å². The third-order valence-corrected chi connectivity index (χ3v) is 2.37. The Morgan fingerprint density at radius 3 is 2.11 bits per heavy atom. The van der Waals surface area contributed by atoms with Crippen molar-refractivity contribution in [3.63, 3.8) is 0 Å². The number of aryl methyl sites for hydroxylation is 1. The van der Waals surface area contributed by atoms with Gasteiger partial charge < -0.3 is 10.5 Å². The zero-order valence-electron chi connectivity index (χ0n) is 9.51. The lowest BCUT2D eigenvalue weighted by Crippen LogP contribution is -1.96. The SMILES string of the molecule is Cc1cc(Oc2c(F)cc(N)cc2F)ccc1F. The maximum absolute atomic E-state index is 13.5. The first-order valence-corrected chi connectivity index (χ1v) is 5.16. The Kier molecular flexibility index (Phi) is 3.14. The molecule has 0 atom stereocenters. The molecule has 0 amide bonds. The largest absolute Gasteiger partial charge is 0.451 e. The Morgan fingerprint density at radius 1 is 0.944 bits per heavy atom. The second-order valence-corrected chi connectivity index (χ2v) is 3.83. The summed E-state index contributed by atoms with van der Waals surface area (Å²) in [5.74, 6) is -2.64. The molecule has 0 fully saturated rings. The summed E-state index contributed by atoms with van der Waals surface area (Å²) in [5, 5.41) is 0. The Hall–Kier alpha value is -2.17. The minimum absolute atomic E-state index is 0.0346. The molecule has 0 heterocycles. The van der Waals surface area contributed by atoms with Crippen molar-refractivity contribution in [3.8, 4) is 11.5 Å².